The summed E-state index contributed by atoms with van der Waals surface area (Å²) in [5.74, 6) is -3.46. The van der Waals surface area contributed by atoms with Crippen LogP contribution in [0.2, 0.25) is 0 Å². The van der Waals surface area contributed by atoms with Crippen LogP contribution in [0.3, 0.4) is 0 Å². The second-order valence-electron chi connectivity index (χ2n) is 6.76. The molecule has 3 N–H and O–H groups in total. The molecule has 1 aromatic rings. The number of para-hydroxylation sites is 1. The van der Waals surface area contributed by atoms with Gasteiger partial charge in [0.1, 0.15) is 17.2 Å². The maximum atomic E-state index is 12.2. The summed E-state index contributed by atoms with van der Waals surface area (Å²) in [6.07, 6.45) is 0. The molecular weight excluding hydrogens is 388 g/mol. The standard InChI is InChI=1S/C18H22N2O7S/c1-10(21)20-14(17(25)26)18(2,3)28-15(20)13(16(23)24)19-12(22)9-27-11-7-5-4-6-8-11/h4-8,13-15H,9H2,1-3H3,(H,19,22)(H,23,24)(H,25,26)/t13?,14-,15?/m1/s1. The first kappa shape index (κ1) is 21.5. The van der Waals surface area contributed by atoms with Gasteiger partial charge in [-0.15, -0.1) is 11.8 Å². The van der Waals surface area contributed by atoms with Crippen molar-refractivity contribution in [2.45, 2.75) is 43.0 Å². The van der Waals surface area contributed by atoms with Crippen LogP contribution in [0, 0.1) is 0 Å². The van der Waals surface area contributed by atoms with Crippen molar-refractivity contribution in [2.75, 3.05) is 6.61 Å². The van der Waals surface area contributed by atoms with Crippen LogP contribution in [-0.2, 0) is 19.2 Å². The topological polar surface area (TPSA) is 133 Å². The molecule has 1 saturated heterocycles. The Balaban J connectivity index is 2.17. The quantitative estimate of drug-likeness (QED) is 0.601. The van der Waals surface area contributed by atoms with Gasteiger partial charge in [0, 0.05) is 11.7 Å². The predicted molar refractivity (Wildman–Crippen MR) is 101 cm³/mol. The number of carboxylic acid groups (broad SMARTS) is 2. The van der Waals surface area contributed by atoms with E-state index < -0.39 is 52.6 Å². The average Bonchev–Trinajstić information content (AvgIpc) is 2.89. The fraction of sp³-hybridized carbons (Fsp3) is 0.444. The van der Waals surface area contributed by atoms with Crippen molar-refractivity contribution in [3.05, 3.63) is 30.3 Å². The summed E-state index contributed by atoms with van der Waals surface area (Å²) in [5.41, 5.74) is 0. The molecule has 1 aliphatic rings. The van der Waals surface area contributed by atoms with E-state index in [4.69, 9.17) is 4.74 Å². The van der Waals surface area contributed by atoms with E-state index in [0.29, 0.717) is 5.75 Å². The van der Waals surface area contributed by atoms with E-state index in [-0.39, 0.29) is 0 Å². The van der Waals surface area contributed by atoms with Crippen LogP contribution >= 0.6 is 11.8 Å². The molecule has 0 aromatic heterocycles. The Morgan fingerprint density at radius 3 is 2.32 bits per heavy atom. The van der Waals surface area contributed by atoms with Crippen molar-refractivity contribution in [2.24, 2.45) is 0 Å². The summed E-state index contributed by atoms with van der Waals surface area (Å²) in [6.45, 7) is 3.98. The maximum absolute atomic E-state index is 12.2. The van der Waals surface area contributed by atoms with E-state index >= 15 is 0 Å². The molecule has 2 rings (SSSR count). The number of nitrogens with one attached hydrogen (secondary N) is 1. The van der Waals surface area contributed by atoms with Gasteiger partial charge in [-0.05, 0) is 26.0 Å². The molecule has 1 aromatic carbocycles. The Labute approximate surface area is 166 Å². The minimum atomic E-state index is -1.50. The molecule has 1 fully saturated rings. The van der Waals surface area contributed by atoms with Gasteiger partial charge in [0.25, 0.3) is 5.91 Å². The highest BCUT2D eigenvalue weighted by molar-refractivity contribution is 8.01. The second-order valence-corrected chi connectivity index (χ2v) is 8.53. The van der Waals surface area contributed by atoms with Crippen molar-refractivity contribution < 1.29 is 34.1 Å². The predicted octanol–water partition coefficient (Wildman–Crippen LogP) is 0.788. The van der Waals surface area contributed by atoms with Crippen molar-refractivity contribution in [3.63, 3.8) is 0 Å². The number of carboxylic acids is 2. The van der Waals surface area contributed by atoms with Gasteiger partial charge in [-0.1, -0.05) is 18.2 Å². The Kier molecular flexibility index (Phi) is 6.55. The summed E-state index contributed by atoms with van der Waals surface area (Å²) in [7, 11) is 0. The van der Waals surface area contributed by atoms with Gasteiger partial charge in [-0.3, -0.25) is 9.59 Å². The van der Waals surface area contributed by atoms with Crippen LogP contribution < -0.4 is 10.1 Å². The van der Waals surface area contributed by atoms with Crippen LogP contribution in [0.15, 0.2) is 30.3 Å². The van der Waals surface area contributed by atoms with E-state index in [1.807, 2.05) is 0 Å². The second kappa shape index (κ2) is 8.51. The molecule has 0 radical (unpaired) electrons. The van der Waals surface area contributed by atoms with Crippen LogP contribution in [0.1, 0.15) is 20.8 Å². The van der Waals surface area contributed by atoms with Crippen LogP contribution in [-0.4, -0.2) is 67.7 Å². The summed E-state index contributed by atoms with van der Waals surface area (Å²) in [6, 6.07) is 5.80. The number of carbonyl (C=O) groups excluding carboxylic acids is 2. The largest absolute Gasteiger partial charge is 0.484 e. The maximum Gasteiger partial charge on any atom is 0.329 e. The minimum absolute atomic E-state index is 0.420. The first-order valence-electron chi connectivity index (χ1n) is 8.44. The van der Waals surface area contributed by atoms with Gasteiger partial charge < -0.3 is 25.2 Å². The van der Waals surface area contributed by atoms with Crippen molar-refractivity contribution in [1.82, 2.24) is 10.2 Å². The molecule has 1 heterocycles. The lowest BCUT2D eigenvalue weighted by atomic mass is 10.0. The molecule has 0 spiro atoms. The van der Waals surface area contributed by atoms with E-state index in [1.165, 1.54) is 6.92 Å². The smallest absolute Gasteiger partial charge is 0.329 e. The summed E-state index contributed by atoms with van der Waals surface area (Å²) < 4.78 is 4.36. The van der Waals surface area contributed by atoms with Gasteiger partial charge in [0.05, 0.1) is 0 Å². The van der Waals surface area contributed by atoms with Crippen molar-refractivity contribution in [1.29, 1.82) is 0 Å². The zero-order chi connectivity index (χ0) is 21.1. The Hall–Kier alpha value is -2.75. The van der Waals surface area contributed by atoms with Crippen LogP contribution in [0.4, 0.5) is 0 Å². The molecule has 3 atom stereocenters. The van der Waals surface area contributed by atoms with Crippen molar-refractivity contribution >= 4 is 35.5 Å². The highest BCUT2D eigenvalue weighted by Gasteiger charge is 2.56. The lowest BCUT2D eigenvalue weighted by Gasteiger charge is -2.31. The van der Waals surface area contributed by atoms with Crippen LogP contribution in [0.25, 0.3) is 0 Å². The summed E-state index contributed by atoms with van der Waals surface area (Å²) >= 11 is 1.02. The number of benzene rings is 1. The number of rotatable bonds is 7. The lowest BCUT2D eigenvalue weighted by Crippen LogP contribution is -2.57. The fourth-order valence-corrected chi connectivity index (χ4v) is 4.73. The van der Waals surface area contributed by atoms with E-state index in [2.05, 4.69) is 5.32 Å². The normalized spacial score (nSPS) is 21.6. The number of carbonyl (C=O) groups is 4. The number of hydrogen-bond acceptors (Lipinski definition) is 6. The minimum Gasteiger partial charge on any atom is -0.484 e. The molecule has 0 saturated carbocycles. The molecule has 28 heavy (non-hydrogen) atoms. The number of nitrogens with zero attached hydrogens (tertiary/aromatic N) is 1. The Morgan fingerprint density at radius 1 is 1.21 bits per heavy atom. The third-order valence-electron chi connectivity index (χ3n) is 4.21. The third-order valence-corrected chi connectivity index (χ3v) is 5.79. The van der Waals surface area contributed by atoms with Crippen LogP contribution in [0.5, 0.6) is 5.75 Å². The molecule has 2 unspecified atom stereocenters. The Bertz CT molecular complexity index is 768. The molecule has 0 aliphatic carbocycles. The summed E-state index contributed by atoms with van der Waals surface area (Å²) in [4.78, 5) is 48.8. The lowest BCUT2D eigenvalue weighted by molar-refractivity contribution is -0.153. The van der Waals surface area contributed by atoms with Gasteiger partial charge in [-0.25, -0.2) is 9.59 Å². The third kappa shape index (κ3) is 4.75. The van der Waals surface area contributed by atoms with Gasteiger partial charge in [-0.2, -0.15) is 0 Å². The molecule has 9 nitrogen and oxygen atoms in total. The van der Waals surface area contributed by atoms with E-state index in [9.17, 15) is 29.4 Å². The zero-order valence-electron chi connectivity index (χ0n) is 15.6. The summed E-state index contributed by atoms with van der Waals surface area (Å²) in [5, 5.41) is 20.4. The van der Waals surface area contributed by atoms with E-state index in [0.717, 1.165) is 16.7 Å². The van der Waals surface area contributed by atoms with E-state index in [1.54, 1.807) is 44.2 Å². The molecule has 152 valence electrons. The molecule has 1 aliphatic heterocycles. The van der Waals surface area contributed by atoms with Gasteiger partial charge in [0.15, 0.2) is 12.6 Å². The SMILES string of the molecule is CC(=O)N1C(C(NC(=O)COc2ccccc2)C(=O)O)SC(C)(C)[C@H]1C(=O)O. The van der Waals surface area contributed by atoms with Crippen molar-refractivity contribution in [3.8, 4) is 5.75 Å². The Morgan fingerprint density at radius 2 is 1.82 bits per heavy atom. The first-order valence-corrected chi connectivity index (χ1v) is 9.32. The number of hydrogen-bond donors (Lipinski definition) is 3. The highest BCUT2D eigenvalue weighted by atomic mass is 32.2. The number of aliphatic carboxylic acids is 2. The molecular formula is C18H22N2O7S. The van der Waals surface area contributed by atoms with Gasteiger partial charge >= 0.3 is 11.9 Å². The monoisotopic (exact) mass is 410 g/mol. The number of ether oxygens (including phenoxy) is 1. The zero-order valence-corrected chi connectivity index (χ0v) is 16.4. The number of amides is 2. The number of thioether (sulfide) groups is 1. The highest BCUT2D eigenvalue weighted by Crippen LogP contribution is 2.45. The fourth-order valence-electron chi connectivity index (χ4n) is 3.06. The molecule has 0 bridgehead atoms. The molecule has 10 heteroatoms. The molecule has 2 amide bonds. The first-order chi connectivity index (χ1) is 13.0. The average molecular weight is 410 g/mol. The van der Waals surface area contributed by atoms with Gasteiger partial charge in [0.2, 0.25) is 5.91 Å².